The second-order valence-electron chi connectivity index (χ2n) is 4.38. The Kier molecular flexibility index (Phi) is 4.64. The zero-order valence-corrected chi connectivity index (χ0v) is 14.1. The average Bonchev–Trinajstić information content (AvgIpc) is 2.56. The Bertz CT molecular complexity index is 620. The standard InChI is InChI=1S/C11H10Cl2INO3S/c12-9-4-8(14)1-2-10(9)15-5-7(3-11(15)16)6-19(13,17)18/h1-2,4,7H,3,5-6H2. The molecule has 1 aliphatic heterocycles. The highest BCUT2D eigenvalue weighted by molar-refractivity contribution is 14.1. The van der Waals surface area contributed by atoms with Crippen LogP contribution in [0.1, 0.15) is 6.42 Å². The molecule has 0 aliphatic carbocycles. The number of halogens is 3. The van der Waals surface area contributed by atoms with Crippen LogP contribution in [0.4, 0.5) is 5.69 Å². The van der Waals surface area contributed by atoms with E-state index in [-0.39, 0.29) is 24.0 Å². The van der Waals surface area contributed by atoms with Gasteiger partial charge in [0, 0.05) is 33.1 Å². The summed E-state index contributed by atoms with van der Waals surface area (Å²) in [4.78, 5) is 13.5. The highest BCUT2D eigenvalue weighted by Crippen LogP contribution is 2.32. The normalized spacial score (nSPS) is 20.1. The predicted octanol–water partition coefficient (Wildman–Crippen LogP) is 2.87. The molecule has 104 valence electrons. The molecule has 19 heavy (non-hydrogen) atoms. The van der Waals surface area contributed by atoms with Crippen molar-refractivity contribution in [3.8, 4) is 0 Å². The average molecular weight is 434 g/mol. The van der Waals surface area contributed by atoms with Crippen molar-refractivity contribution in [2.24, 2.45) is 5.92 Å². The minimum Gasteiger partial charge on any atom is -0.311 e. The molecule has 8 heteroatoms. The van der Waals surface area contributed by atoms with Gasteiger partial charge in [-0.25, -0.2) is 8.42 Å². The van der Waals surface area contributed by atoms with Crippen molar-refractivity contribution in [3.05, 3.63) is 26.8 Å². The third-order valence-corrected chi connectivity index (χ3v) is 5.06. The van der Waals surface area contributed by atoms with Gasteiger partial charge in [0.2, 0.25) is 15.0 Å². The highest BCUT2D eigenvalue weighted by atomic mass is 127. The minimum atomic E-state index is -3.59. The van der Waals surface area contributed by atoms with Crippen LogP contribution in [-0.2, 0) is 13.8 Å². The molecular weight excluding hydrogens is 424 g/mol. The highest BCUT2D eigenvalue weighted by Gasteiger charge is 2.33. The lowest BCUT2D eigenvalue weighted by atomic mass is 10.1. The van der Waals surface area contributed by atoms with Crippen LogP contribution in [0.2, 0.25) is 5.02 Å². The minimum absolute atomic E-state index is 0.131. The summed E-state index contributed by atoms with van der Waals surface area (Å²) in [5.74, 6) is -0.613. The van der Waals surface area contributed by atoms with Gasteiger partial charge < -0.3 is 4.90 Å². The molecule has 4 nitrogen and oxygen atoms in total. The maximum atomic E-state index is 11.9. The number of rotatable bonds is 3. The number of benzene rings is 1. The molecule has 1 atom stereocenters. The van der Waals surface area contributed by atoms with E-state index in [0.717, 1.165) is 3.57 Å². The largest absolute Gasteiger partial charge is 0.311 e. The first kappa shape index (κ1) is 15.3. The van der Waals surface area contributed by atoms with Gasteiger partial charge in [-0.2, -0.15) is 0 Å². The molecule has 1 aromatic rings. The van der Waals surface area contributed by atoms with Gasteiger partial charge >= 0.3 is 0 Å². The van der Waals surface area contributed by atoms with Crippen LogP contribution in [0.25, 0.3) is 0 Å². The van der Waals surface area contributed by atoms with E-state index in [1.807, 2.05) is 6.07 Å². The topological polar surface area (TPSA) is 54.5 Å². The summed E-state index contributed by atoms with van der Waals surface area (Å²) in [5.41, 5.74) is 0.613. The lowest BCUT2D eigenvalue weighted by molar-refractivity contribution is -0.117. The van der Waals surface area contributed by atoms with Gasteiger partial charge in [0.25, 0.3) is 0 Å². The van der Waals surface area contributed by atoms with E-state index in [4.69, 9.17) is 22.3 Å². The number of amides is 1. The van der Waals surface area contributed by atoms with Crippen molar-refractivity contribution in [1.82, 2.24) is 0 Å². The van der Waals surface area contributed by atoms with Crippen molar-refractivity contribution >= 4 is 65.5 Å². The number of hydrogen-bond acceptors (Lipinski definition) is 3. The van der Waals surface area contributed by atoms with E-state index in [9.17, 15) is 13.2 Å². The van der Waals surface area contributed by atoms with Gasteiger partial charge in [0.15, 0.2) is 0 Å². The van der Waals surface area contributed by atoms with Crippen LogP contribution < -0.4 is 4.90 Å². The molecule has 1 heterocycles. The molecule has 0 aromatic heterocycles. The van der Waals surface area contributed by atoms with Crippen LogP contribution >= 0.6 is 44.9 Å². The van der Waals surface area contributed by atoms with Crippen LogP contribution in [0, 0.1) is 9.49 Å². The maximum absolute atomic E-state index is 11.9. The lowest BCUT2D eigenvalue weighted by Crippen LogP contribution is -2.25. The third-order valence-electron chi connectivity index (χ3n) is 2.84. The summed E-state index contributed by atoms with van der Waals surface area (Å²) in [6.45, 7) is 0.324. The molecule has 1 saturated heterocycles. The summed E-state index contributed by atoms with van der Waals surface area (Å²) in [6.07, 6.45) is 0.175. The van der Waals surface area contributed by atoms with Crippen molar-refractivity contribution in [2.75, 3.05) is 17.2 Å². The van der Waals surface area contributed by atoms with Gasteiger partial charge in [-0.3, -0.25) is 4.79 Å². The van der Waals surface area contributed by atoms with E-state index in [2.05, 4.69) is 22.6 Å². The number of anilines is 1. The molecule has 0 saturated carbocycles. The monoisotopic (exact) mass is 433 g/mol. The fourth-order valence-electron chi connectivity index (χ4n) is 2.11. The maximum Gasteiger partial charge on any atom is 0.232 e. The van der Waals surface area contributed by atoms with Gasteiger partial charge in [0.1, 0.15) is 0 Å². The molecule has 1 fully saturated rings. The van der Waals surface area contributed by atoms with E-state index in [1.54, 1.807) is 12.1 Å². The van der Waals surface area contributed by atoms with E-state index >= 15 is 0 Å². The first-order chi connectivity index (χ1) is 8.76. The van der Waals surface area contributed by atoms with Gasteiger partial charge in [-0.1, -0.05) is 11.6 Å². The van der Waals surface area contributed by atoms with Crippen LogP contribution in [0.3, 0.4) is 0 Å². The van der Waals surface area contributed by atoms with E-state index in [1.165, 1.54) is 4.90 Å². The Hall–Kier alpha value is -0.0500. The van der Waals surface area contributed by atoms with E-state index < -0.39 is 9.05 Å². The van der Waals surface area contributed by atoms with Gasteiger partial charge in [-0.05, 0) is 40.8 Å². The summed E-state index contributed by atoms with van der Waals surface area (Å²) in [5, 5.41) is 0.481. The molecular formula is C11H10Cl2INO3S. The molecule has 1 unspecified atom stereocenters. The molecule has 0 radical (unpaired) electrons. The van der Waals surface area contributed by atoms with Crippen molar-refractivity contribution < 1.29 is 13.2 Å². The molecule has 2 rings (SSSR count). The Labute approximate surface area is 134 Å². The molecule has 1 aliphatic rings. The predicted molar refractivity (Wildman–Crippen MR) is 84.3 cm³/mol. The Morgan fingerprint density at radius 2 is 2.11 bits per heavy atom. The van der Waals surface area contributed by atoms with Gasteiger partial charge in [-0.15, -0.1) is 0 Å². The molecule has 0 spiro atoms. The summed E-state index contributed by atoms with van der Waals surface area (Å²) in [7, 11) is 1.63. The first-order valence-corrected chi connectivity index (χ1v) is 9.37. The van der Waals surface area contributed by atoms with Crippen molar-refractivity contribution in [3.63, 3.8) is 0 Å². The van der Waals surface area contributed by atoms with Crippen LogP contribution in [0.5, 0.6) is 0 Å². The summed E-state index contributed by atoms with van der Waals surface area (Å²) >= 11 is 8.24. The van der Waals surface area contributed by atoms with Crippen LogP contribution in [-0.4, -0.2) is 26.6 Å². The molecule has 1 aromatic carbocycles. The Morgan fingerprint density at radius 1 is 1.42 bits per heavy atom. The number of carbonyl (C=O) groups is 1. The molecule has 0 bridgehead atoms. The fourth-order valence-corrected chi connectivity index (χ4v) is 4.39. The number of nitrogens with zero attached hydrogens (tertiary/aromatic N) is 1. The van der Waals surface area contributed by atoms with Crippen molar-refractivity contribution in [1.29, 1.82) is 0 Å². The lowest BCUT2D eigenvalue weighted by Gasteiger charge is -2.18. The second kappa shape index (κ2) is 5.75. The second-order valence-corrected chi connectivity index (χ2v) is 8.85. The van der Waals surface area contributed by atoms with Gasteiger partial charge in [0.05, 0.1) is 16.5 Å². The summed E-state index contributed by atoms with van der Waals surface area (Å²) in [6, 6.07) is 5.37. The quantitative estimate of drug-likeness (QED) is 0.544. The molecule has 1 amide bonds. The fraction of sp³-hybridized carbons (Fsp3) is 0.364. The SMILES string of the molecule is O=C1CC(CS(=O)(=O)Cl)CN1c1ccc(I)cc1Cl. The molecule has 0 N–H and O–H groups in total. The third kappa shape index (κ3) is 3.96. The Balaban J connectivity index is 2.20. The van der Waals surface area contributed by atoms with E-state index in [0.29, 0.717) is 17.3 Å². The summed E-state index contributed by atoms with van der Waals surface area (Å²) < 4.78 is 23.1. The smallest absolute Gasteiger partial charge is 0.232 e. The number of hydrogen-bond donors (Lipinski definition) is 0. The zero-order valence-electron chi connectivity index (χ0n) is 9.64. The number of carbonyl (C=O) groups excluding carboxylic acids is 1. The zero-order chi connectivity index (χ0) is 14.2. The van der Waals surface area contributed by atoms with Crippen LogP contribution in [0.15, 0.2) is 18.2 Å². The van der Waals surface area contributed by atoms with Crippen molar-refractivity contribution in [2.45, 2.75) is 6.42 Å². The Morgan fingerprint density at radius 3 is 2.68 bits per heavy atom. The first-order valence-electron chi connectivity index (χ1n) is 5.44.